The van der Waals surface area contributed by atoms with Crippen LogP contribution in [0.5, 0.6) is 0 Å². The van der Waals surface area contributed by atoms with Gasteiger partial charge < -0.3 is 14.3 Å². The molecule has 1 aliphatic rings. The van der Waals surface area contributed by atoms with Crippen molar-refractivity contribution < 1.29 is 4.42 Å². The molecule has 0 unspecified atom stereocenters. The Kier molecular flexibility index (Phi) is 6.09. The molecule has 6 nitrogen and oxygen atoms in total. The molecular weight excluding hydrogens is 566 g/mol. The maximum atomic E-state index is 6.46. The lowest BCUT2D eigenvalue weighted by atomic mass is 10.00. The second-order valence-electron chi connectivity index (χ2n) is 11.4. The summed E-state index contributed by atoms with van der Waals surface area (Å²) < 4.78 is 8.76. The van der Waals surface area contributed by atoms with E-state index >= 15 is 0 Å². The van der Waals surface area contributed by atoms with Gasteiger partial charge in [0, 0.05) is 41.1 Å². The average molecular weight is 594 g/mol. The smallest absolute Gasteiger partial charge is 0.227 e. The number of rotatable bonds is 5. The minimum Gasteiger partial charge on any atom is -0.435 e. The summed E-state index contributed by atoms with van der Waals surface area (Å²) in [5.74, 6) is 0.626. The van der Waals surface area contributed by atoms with Gasteiger partial charge >= 0.3 is 0 Å². The van der Waals surface area contributed by atoms with Crippen LogP contribution < -0.4 is 5.32 Å². The Balaban J connectivity index is 1.18. The summed E-state index contributed by atoms with van der Waals surface area (Å²) >= 11 is 0. The average Bonchev–Trinajstić information content (AvgIpc) is 3.72. The lowest BCUT2D eigenvalue weighted by molar-refractivity contribution is 0.623. The molecule has 0 bridgehead atoms. The maximum Gasteiger partial charge on any atom is 0.227 e. The Hall–Kier alpha value is -6.27. The van der Waals surface area contributed by atoms with Crippen molar-refractivity contribution >= 4 is 38.5 Å². The van der Waals surface area contributed by atoms with E-state index < -0.39 is 0 Å². The minimum absolute atomic E-state index is 0.626. The summed E-state index contributed by atoms with van der Waals surface area (Å²) in [5.41, 5.74) is 12.1. The second-order valence-corrected chi connectivity index (χ2v) is 11.4. The van der Waals surface area contributed by atoms with Crippen LogP contribution in [0.1, 0.15) is 5.69 Å². The molecule has 9 rings (SSSR count). The molecule has 4 aromatic heterocycles. The third kappa shape index (κ3) is 4.39. The zero-order valence-corrected chi connectivity index (χ0v) is 24.8. The van der Waals surface area contributed by atoms with Crippen molar-refractivity contribution in [2.45, 2.75) is 0 Å². The van der Waals surface area contributed by atoms with Crippen molar-refractivity contribution in [1.29, 1.82) is 0 Å². The van der Waals surface area contributed by atoms with Crippen molar-refractivity contribution in [1.82, 2.24) is 24.8 Å². The molecule has 6 heteroatoms. The van der Waals surface area contributed by atoms with Crippen LogP contribution in [-0.4, -0.2) is 26.1 Å². The molecule has 218 valence electrons. The number of aromatic nitrogens is 4. The van der Waals surface area contributed by atoms with E-state index in [1.807, 2.05) is 61.1 Å². The number of pyridine rings is 2. The van der Waals surface area contributed by atoms with Gasteiger partial charge in [0.2, 0.25) is 5.89 Å². The van der Waals surface area contributed by atoms with E-state index in [0.29, 0.717) is 5.89 Å². The van der Waals surface area contributed by atoms with Crippen LogP contribution >= 0.6 is 0 Å². The number of nitrogens with zero attached hydrogens (tertiary/aromatic N) is 4. The van der Waals surface area contributed by atoms with Crippen molar-refractivity contribution in [3.8, 4) is 39.5 Å². The maximum absolute atomic E-state index is 6.46. The van der Waals surface area contributed by atoms with Gasteiger partial charge in [0.15, 0.2) is 5.58 Å². The molecule has 0 amide bonds. The molecule has 0 atom stereocenters. The summed E-state index contributed by atoms with van der Waals surface area (Å²) in [4.78, 5) is 14.2. The topological polar surface area (TPSA) is 68.8 Å². The molecule has 8 aromatic rings. The molecule has 0 fully saturated rings. The van der Waals surface area contributed by atoms with E-state index in [1.54, 1.807) is 0 Å². The highest BCUT2D eigenvalue weighted by atomic mass is 16.3. The number of nitrogens with one attached hydrogen (secondary N) is 1. The van der Waals surface area contributed by atoms with Crippen molar-refractivity contribution in [3.63, 3.8) is 0 Å². The first-order chi connectivity index (χ1) is 22.8. The lowest BCUT2D eigenvalue weighted by Crippen LogP contribution is -2.08. The Morgan fingerprint density at radius 1 is 0.652 bits per heavy atom. The van der Waals surface area contributed by atoms with Gasteiger partial charge in [0.1, 0.15) is 5.52 Å². The fraction of sp³-hybridized carbons (Fsp3) is 0.0250. The zero-order chi connectivity index (χ0) is 30.5. The summed E-state index contributed by atoms with van der Waals surface area (Å²) in [6.07, 6.45) is 9.88. The van der Waals surface area contributed by atoms with Crippen LogP contribution in [0.4, 0.5) is 0 Å². The summed E-state index contributed by atoms with van der Waals surface area (Å²) in [6.45, 7) is 0.781. The number of hydrogen-bond donors (Lipinski definition) is 1. The fourth-order valence-corrected chi connectivity index (χ4v) is 6.38. The van der Waals surface area contributed by atoms with Crippen LogP contribution in [-0.2, 0) is 0 Å². The molecular formula is C40H27N5O. The first-order valence-electron chi connectivity index (χ1n) is 15.3. The third-order valence-electron chi connectivity index (χ3n) is 8.59. The predicted molar refractivity (Wildman–Crippen MR) is 185 cm³/mol. The SMILES string of the molecule is C1=CC(c2cc(-c3ccncc3)cc(-c3ccc(-n4c5ccccc5c5c6oc(-c7ccccc7)nc6ccc54)cc3)n2)=CCN1. The van der Waals surface area contributed by atoms with Crippen LogP contribution in [0.25, 0.3) is 78.0 Å². The van der Waals surface area contributed by atoms with Crippen molar-refractivity contribution in [2.24, 2.45) is 0 Å². The van der Waals surface area contributed by atoms with Crippen LogP contribution in [0.15, 0.2) is 150 Å². The zero-order valence-electron chi connectivity index (χ0n) is 24.8. The highest BCUT2D eigenvalue weighted by molar-refractivity contribution is 6.19. The normalized spacial score (nSPS) is 12.9. The number of oxazole rings is 1. The van der Waals surface area contributed by atoms with Gasteiger partial charge in [-0.25, -0.2) is 9.97 Å². The molecule has 0 saturated heterocycles. The monoisotopic (exact) mass is 593 g/mol. The second kappa shape index (κ2) is 10.7. The Labute approximate surface area is 265 Å². The number of dihydropyridines is 1. The van der Waals surface area contributed by atoms with E-state index in [1.165, 1.54) is 0 Å². The van der Waals surface area contributed by atoms with E-state index in [-0.39, 0.29) is 0 Å². The van der Waals surface area contributed by atoms with E-state index in [9.17, 15) is 0 Å². The molecule has 0 saturated carbocycles. The molecule has 4 aromatic carbocycles. The number of para-hydroxylation sites is 1. The summed E-state index contributed by atoms with van der Waals surface area (Å²) in [5, 5.41) is 5.42. The van der Waals surface area contributed by atoms with Gasteiger partial charge in [-0.15, -0.1) is 0 Å². The largest absolute Gasteiger partial charge is 0.435 e. The summed E-state index contributed by atoms with van der Waals surface area (Å²) in [6, 6.07) is 39.8. The van der Waals surface area contributed by atoms with Gasteiger partial charge in [-0.1, -0.05) is 54.6 Å². The summed E-state index contributed by atoms with van der Waals surface area (Å²) in [7, 11) is 0. The highest BCUT2D eigenvalue weighted by Gasteiger charge is 2.19. The number of allylic oxidation sites excluding steroid dienone is 2. The lowest BCUT2D eigenvalue weighted by Gasteiger charge is -2.13. The van der Waals surface area contributed by atoms with E-state index in [4.69, 9.17) is 14.4 Å². The molecule has 0 aliphatic carbocycles. The van der Waals surface area contributed by atoms with Crippen LogP contribution in [0.2, 0.25) is 0 Å². The molecule has 0 radical (unpaired) electrons. The van der Waals surface area contributed by atoms with Gasteiger partial charge in [-0.05, 0) is 95.7 Å². The standard InChI is InChI=1S/C40H27N5O/c1-2-6-29(7-3-1)40-44-33-14-15-37-38(39(33)46-40)32-8-4-5-9-36(32)45(37)31-12-10-27(11-13-31)34-24-30(26-16-20-41-21-17-26)25-35(43-34)28-18-22-42-23-19-28/h1-22,24-25,42H,23H2. The van der Waals surface area contributed by atoms with Crippen LogP contribution in [0.3, 0.4) is 0 Å². The Morgan fingerprint density at radius 2 is 1.46 bits per heavy atom. The van der Waals surface area contributed by atoms with Crippen molar-refractivity contribution in [2.75, 3.05) is 6.54 Å². The van der Waals surface area contributed by atoms with E-state index in [0.717, 1.165) is 84.4 Å². The van der Waals surface area contributed by atoms with Gasteiger partial charge in [0.25, 0.3) is 0 Å². The quantitative estimate of drug-likeness (QED) is 0.215. The van der Waals surface area contributed by atoms with Crippen molar-refractivity contribution in [3.05, 3.63) is 152 Å². The van der Waals surface area contributed by atoms with E-state index in [2.05, 4.69) is 99.8 Å². The fourth-order valence-electron chi connectivity index (χ4n) is 6.38. The Morgan fingerprint density at radius 3 is 2.28 bits per heavy atom. The Bertz CT molecular complexity index is 2450. The number of benzene rings is 4. The van der Waals surface area contributed by atoms with Gasteiger partial charge in [-0.2, -0.15) is 0 Å². The first kappa shape index (κ1) is 26.2. The number of hydrogen-bond acceptors (Lipinski definition) is 5. The number of fused-ring (bicyclic) bond motifs is 5. The molecule has 5 heterocycles. The molecule has 46 heavy (non-hydrogen) atoms. The highest BCUT2D eigenvalue weighted by Crippen LogP contribution is 2.39. The van der Waals surface area contributed by atoms with Crippen LogP contribution in [0, 0.1) is 0 Å². The predicted octanol–water partition coefficient (Wildman–Crippen LogP) is 9.22. The van der Waals surface area contributed by atoms with Gasteiger partial charge in [-0.3, -0.25) is 4.98 Å². The minimum atomic E-state index is 0.626. The third-order valence-corrected chi connectivity index (χ3v) is 8.59. The molecule has 1 aliphatic heterocycles. The first-order valence-corrected chi connectivity index (χ1v) is 15.3. The molecule has 1 N–H and O–H groups in total. The van der Waals surface area contributed by atoms with Gasteiger partial charge in [0.05, 0.1) is 27.8 Å². The molecule has 0 spiro atoms.